The largest absolute Gasteiger partial charge is 0.337 e. The van der Waals surface area contributed by atoms with Crippen molar-refractivity contribution in [1.82, 2.24) is 10.2 Å². The monoisotopic (exact) mass is 407 g/mol. The van der Waals surface area contributed by atoms with Crippen molar-refractivity contribution in [3.05, 3.63) is 52.2 Å². The second-order valence-corrected chi connectivity index (χ2v) is 7.49. The van der Waals surface area contributed by atoms with Crippen LogP contribution in [0.1, 0.15) is 34.5 Å². The fraction of sp³-hybridized carbons (Fsp3) is 0.400. The molecule has 0 saturated carbocycles. The van der Waals surface area contributed by atoms with Crippen LogP contribution in [0.2, 0.25) is 0 Å². The highest BCUT2D eigenvalue weighted by Gasteiger charge is 2.17. The Morgan fingerprint density at radius 3 is 2.85 bits per heavy atom. The van der Waals surface area contributed by atoms with E-state index >= 15 is 0 Å². The van der Waals surface area contributed by atoms with Crippen molar-refractivity contribution in [3.8, 4) is 0 Å². The molecule has 2 heterocycles. The third kappa shape index (κ3) is 6.65. The molecule has 1 saturated heterocycles. The molecule has 0 radical (unpaired) electrons. The molecule has 2 amide bonds. The molecule has 0 spiro atoms. The third-order valence-electron chi connectivity index (χ3n) is 4.43. The number of anilines is 1. The van der Waals surface area contributed by atoms with Gasteiger partial charge < -0.3 is 15.5 Å². The minimum Gasteiger partial charge on any atom is -0.337 e. The Hall–Kier alpha value is -1.89. The lowest BCUT2D eigenvalue weighted by Gasteiger charge is -2.20. The Labute approximate surface area is 170 Å². The summed E-state index contributed by atoms with van der Waals surface area (Å²) in [6.45, 7) is 3.26. The van der Waals surface area contributed by atoms with Gasteiger partial charge in [-0.1, -0.05) is 12.1 Å². The summed E-state index contributed by atoms with van der Waals surface area (Å²) >= 11 is 1.72. The van der Waals surface area contributed by atoms with Crippen LogP contribution in [0.3, 0.4) is 0 Å². The van der Waals surface area contributed by atoms with Gasteiger partial charge >= 0.3 is 0 Å². The Morgan fingerprint density at radius 2 is 2.04 bits per heavy atom. The molecule has 146 valence electrons. The van der Waals surface area contributed by atoms with E-state index in [1.54, 1.807) is 17.4 Å². The lowest BCUT2D eigenvalue weighted by Crippen LogP contribution is -2.34. The van der Waals surface area contributed by atoms with Crippen molar-refractivity contribution >= 4 is 41.2 Å². The van der Waals surface area contributed by atoms with Gasteiger partial charge in [0.25, 0.3) is 5.91 Å². The normalized spacial score (nSPS) is 14.1. The highest BCUT2D eigenvalue weighted by Crippen LogP contribution is 2.15. The number of amides is 2. The maximum atomic E-state index is 12.7. The fourth-order valence-electron chi connectivity index (χ4n) is 3.06. The number of carbonyl (C=O) groups is 2. The number of nitrogens with zero attached hydrogens (tertiary/aromatic N) is 1. The van der Waals surface area contributed by atoms with Crippen LogP contribution in [0.15, 0.2) is 41.8 Å². The molecule has 1 aliphatic rings. The number of halogens is 1. The van der Waals surface area contributed by atoms with Crippen molar-refractivity contribution in [2.24, 2.45) is 0 Å². The molecule has 2 N–H and O–H groups in total. The van der Waals surface area contributed by atoms with Crippen molar-refractivity contribution in [2.45, 2.75) is 25.7 Å². The summed E-state index contributed by atoms with van der Waals surface area (Å²) in [5.74, 6) is 0.0209. The van der Waals surface area contributed by atoms with Crippen LogP contribution in [0.25, 0.3) is 0 Å². The Morgan fingerprint density at radius 1 is 1.15 bits per heavy atom. The molecule has 1 aliphatic heterocycles. The van der Waals surface area contributed by atoms with E-state index in [1.807, 2.05) is 29.2 Å². The first-order valence-corrected chi connectivity index (χ1v) is 10.0. The summed E-state index contributed by atoms with van der Waals surface area (Å²) in [6, 6.07) is 11.4. The molecule has 7 heteroatoms. The van der Waals surface area contributed by atoms with Gasteiger partial charge in [0.15, 0.2) is 0 Å². The molecular weight excluding hydrogens is 382 g/mol. The lowest BCUT2D eigenvalue weighted by atomic mass is 10.1. The minimum atomic E-state index is -0.00914. The van der Waals surface area contributed by atoms with Crippen LogP contribution in [-0.2, 0) is 11.2 Å². The van der Waals surface area contributed by atoms with Gasteiger partial charge in [0.05, 0.1) is 0 Å². The number of hydrogen-bond donors (Lipinski definition) is 2. The minimum absolute atomic E-state index is 0. The van der Waals surface area contributed by atoms with Crippen LogP contribution >= 0.6 is 23.7 Å². The summed E-state index contributed by atoms with van der Waals surface area (Å²) in [5.41, 5.74) is 1.31. The molecule has 1 fully saturated rings. The third-order valence-corrected chi connectivity index (χ3v) is 5.36. The van der Waals surface area contributed by atoms with E-state index < -0.39 is 0 Å². The molecule has 5 nitrogen and oxygen atoms in total. The van der Waals surface area contributed by atoms with Crippen molar-refractivity contribution in [2.75, 3.05) is 31.5 Å². The van der Waals surface area contributed by atoms with Crippen LogP contribution in [0.4, 0.5) is 5.69 Å². The average molecular weight is 408 g/mol. The second-order valence-electron chi connectivity index (χ2n) is 6.46. The number of benzene rings is 1. The lowest BCUT2D eigenvalue weighted by molar-refractivity contribution is -0.116. The maximum absolute atomic E-state index is 12.7. The summed E-state index contributed by atoms with van der Waals surface area (Å²) in [6.07, 6.45) is 3.19. The quantitative estimate of drug-likeness (QED) is 0.769. The van der Waals surface area contributed by atoms with Gasteiger partial charge in [0.2, 0.25) is 5.91 Å². The van der Waals surface area contributed by atoms with Gasteiger partial charge in [0.1, 0.15) is 0 Å². The second kappa shape index (κ2) is 11.1. The van der Waals surface area contributed by atoms with E-state index in [1.165, 1.54) is 4.88 Å². The first kappa shape index (κ1) is 21.4. The van der Waals surface area contributed by atoms with Crippen LogP contribution in [0, 0.1) is 0 Å². The highest BCUT2D eigenvalue weighted by atomic mass is 35.5. The van der Waals surface area contributed by atoms with E-state index in [4.69, 9.17) is 0 Å². The first-order valence-electron chi connectivity index (χ1n) is 9.15. The molecule has 0 atom stereocenters. The van der Waals surface area contributed by atoms with Crippen LogP contribution in [-0.4, -0.2) is 42.9 Å². The standard InChI is InChI=1S/C20H25N3O2S.ClH/c24-19(9-2-7-18-8-3-14-26-18)22-17-6-1-5-16(15-17)20(25)23-12-4-10-21-11-13-23;/h1,3,5-6,8,14-15,21H,2,4,7,9-13H2,(H,22,24);1H. The number of aryl methyl sites for hydroxylation is 1. The Kier molecular flexibility index (Phi) is 8.78. The molecule has 1 aromatic carbocycles. The van der Waals surface area contributed by atoms with Gasteiger partial charge in [-0.3, -0.25) is 9.59 Å². The SMILES string of the molecule is Cl.O=C(CCCc1cccs1)Nc1cccc(C(=O)N2CCCNCC2)c1. The Bertz CT molecular complexity index is 729. The number of nitrogens with one attached hydrogen (secondary N) is 2. The predicted molar refractivity (Wildman–Crippen MR) is 113 cm³/mol. The van der Waals surface area contributed by atoms with E-state index in [0.717, 1.165) is 45.4 Å². The zero-order chi connectivity index (χ0) is 18.2. The molecule has 2 aromatic rings. The van der Waals surface area contributed by atoms with Gasteiger partial charge in [-0.15, -0.1) is 23.7 Å². The van der Waals surface area contributed by atoms with E-state index in [2.05, 4.69) is 22.1 Å². The topological polar surface area (TPSA) is 61.4 Å². The number of carbonyl (C=O) groups excluding carboxylic acids is 2. The smallest absolute Gasteiger partial charge is 0.253 e. The number of hydrogen-bond acceptors (Lipinski definition) is 4. The predicted octanol–water partition coefficient (Wildman–Crippen LogP) is 3.57. The molecular formula is C20H26ClN3O2S. The van der Waals surface area contributed by atoms with E-state index in [-0.39, 0.29) is 24.2 Å². The van der Waals surface area contributed by atoms with Gasteiger partial charge in [-0.25, -0.2) is 0 Å². The first-order chi connectivity index (χ1) is 12.7. The van der Waals surface area contributed by atoms with Crippen LogP contribution < -0.4 is 10.6 Å². The molecule has 0 unspecified atom stereocenters. The van der Waals surface area contributed by atoms with Gasteiger partial charge in [0, 0.05) is 42.2 Å². The Balaban J connectivity index is 0.00000261. The van der Waals surface area contributed by atoms with Crippen molar-refractivity contribution < 1.29 is 9.59 Å². The van der Waals surface area contributed by atoms with E-state index in [9.17, 15) is 9.59 Å². The van der Waals surface area contributed by atoms with Gasteiger partial charge in [-0.2, -0.15) is 0 Å². The summed E-state index contributed by atoms with van der Waals surface area (Å²) < 4.78 is 0. The van der Waals surface area contributed by atoms with Crippen LogP contribution in [0.5, 0.6) is 0 Å². The maximum Gasteiger partial charge on any atom is 0.253 e. The number of rotatable bonds is 6. The summed E-state index contributed by atoms with van der Waals surface area (Å²) in [7, 11) is 0. The zero-order valence-electron chi connectivity index (χ0n) is 15.3. The van der Waals surface area contributed by atoms with Gasteiger partial charge in [-0.05, 0) is 55.5 Å². The summed E-state index contributed by atoms with van der Waals surface area (Å²) in [5, 5.41) is 8.27. The zero-order valence-corrected chi connectivity index (χ0v) is 16.9. The average Bonchev–Trinajstić information content (AvgIpc) is 3.01. The molecule has 1 aromatic heterocycles. The van der Waals surface area contributed by atoms with Crippen molar-refractivity contribution in [1.29, 1.82) is 0 Å². The highest BCUT2D eigenvalue weighted by molar-refractivity contribution is 7.09. The van der Waals surface area contributed by atoms with Crippen molar-refractivity contribution in [3.63, 3.8) is 0 Å². The molecule has 3 rings (SSSR count). The molecule has 0 aliphatic carbocycles. The molecule has 0 bridgehead atoms. The molecule has 27 heavy (non-hydrogen) atoms. The fourth-order valence-corrected chi connectivity index (χ4v) is 3.81. The van der Waals surface area contributed by atoms with E-state index in [0.29, 0.717) is 17.7 Å². The number of thiophene rings is 1. The summed E-state index contributed by atoms with van der Waals surface area (Å²) in [4.78, 5) is 28.0.